The fourth-order valence-electron chi connectivity index (χ4n) is 1.74. The van der Waals surface area contributed by atoms with Crippen molar-refractivity contribution in [3.63, 3.8) is 0 Å². The van der Waals surface area contributed by atoms with Crippen molar-refractivity contribution >= 4 is 34.1 Å². The molecular formula is C14H15N3O4S. The Kier molecular flexibility index (Phi) is 5.05. The lowest BCUT2D eigenvalue weighted by atomic mass is 10.3. The number of amides is 2. The molecule has 0 saturated heterocycles. The van der Waals surface area contributed by atoms with Gasteiger partial charge >= 0.3 is 0 Å². The molecule has 2 rings (SSSR count). The van der Waals surface area contributed by atoms with Crippen LogP contribution in [0, 0.1) is 6.92 Å². The van der Waals surface area contributed by atoms with E-state index >= 15 is 0 Å². The SMILES string of the molecule is CC(=O)c1sc(NC(=O)CCNC(=O)c2ccco2)nc1C. The third-order valence-corrected chi connectivity index (χ3v) is 3.92. The normalized spacial score (nSPS) is 10.3. The zero-order chi connectivity index (χ0) is 16.1. The summed E-state index contributed by atoms with van der Waals surface area (Å²) in [5, 5.41) is 5.56. The number of anilines is 1. The number of thiazole rings is 1. The van der Waals surface area contributed by atoms with Crippen molar-refractivity contribution in [2.75, 3.05) is 11.9 Å². The summed E-state index contributed by atoms with van der Waals surface area (Å²) in [6.45, 7) is 3.35. The predicted octanol–water partition coefficient (Wildman–Crippen LogP) is 2.01. The Morgan fingerprint density at radius 1 is 1.36 bits per heavy atom. The Morgan fingerprint density at radius 3 is 2.73 bits per heavy atom. The van der Waals surface area contributed by atoms with E-state index in [1.807, 2.05) is 0 Å². The summed E-state index contributed by atoms with van der Waals surface area (Å²) in [5.74, 6) is -0.548. The van der Waals surface area contributed by atoms with E-state index in [-0.39, 0.29) is 36.3 Å². The molecule has 0 bridgehead atoms. The van der Waals surface area contributed by atoms with Gasteiger partial charge in [-0.05, 0) is 19.1 Å². The van der Waals surface area contributed by atoms with Gasteiger partial charge in [0.05, 0.1) is 16.8 Å². The van der Waals surface area contributed by atoms with Gasteiger partial charge in [-0.1, -0.05) is 11.3 Å². The van der Waals surface area contributed by atoms with Crippen molar-refractivity contribution in [3.05, 3.63) is 34.7 Å². The van der Waals surface area contributed by atoms with Gasteiger partial charge in [-0.25, -0.2) is 4.98 Å². The molecule has 22 heavy (non-hydrogen) atoms. The maximum Gasteiger partial charge on any atom is 0.286 e. The summed E-state index contributed by atoms with van der Waals surface area (Å²) in [4.78, 5) is 39.3. The molecule has 2 aromatic rings. The number of aryl methyl sites for hydroxylation is 1. The molecule has 116 valence electrons. The summed E-state index contributed by atoms with van der Waals surface area (Å²) in [5.41, 5.74) is 0.596. The quantitative estimate of drug-likeness (QED) is 0.792. The van der Waals surface area contributed by atoms with Crippen LogP contribution in [0.5, 0.6) is 0 Å². The first-order valence-corrected chi connectivity index (χ1v) is 7.39. The van der Waals surface area contributed by atoms with Gasteiger partial charge in [0.1, 0.15) is 0 Å². The van der Waals surface area contributed by atoms with Gasteiger partial charge in [0.15, 0.2) is 16.7 Å². The minimum absolute atomic E-state index is 0.0822. The molecule has 2 heterocycles. The molecule has 0 fully saturated rings. The highest BCUT2D eigenvalue weighted by Crippen LogP contribution is 2.22. The van der Waals surface area contributed by atoms with Crippen molar-refractivity contribution in [2.24, 2.45) is 0 Å². The molecule has 0 aliphatic heterocycles. The number of ketones is 1. The number of Topliss-reactive ketones (excluding diaryl/α,β-unsaturated/α-hetero) is 1. The molecule has 0 unspecified atom stereocenters. The van der Waals surface area contributed by atoms with Crippen LogP contribution in [0.4, 0.5) is 5.13 Å². The number of hydrogen-bond acceptors (Lipinski definition) is 6. The Balaban J connectivity index is 1.80. The van der Waals surface area contributed by atoms with E-state index in [2.05, 4.69) is 15.6 Å². The van der Waals surface area contributed by atoms with Gasteiger partial charge in [-0.3, -0.25) is 14.4 Å². The molecular weight excluding hydrogens is 306 g/mol. The number of furan rings is 1. The lowest BCUT2D eigenvalue weighted by Crippen LogP contribution is -2.27. The van der Waals surface area contributed by atoms with Crippen LogP contribution < -0.4 is 10.6 Å². The lowest BCUT2D eigenvalue weighted by molar-refractivity contribution is -0.116. The minimum atomic E-state index is -0.373. The van der Waals surface area contributed by atoms with Gasteiger partial charge in [0.2, 0.25) is 5.91 Å². The molecule has 0 atom stereocenters. The monoisotopic (exact) mass is 321 g/mol. The maximum absolute atomic E-state index is 11.8. The van der Waals surface area contributed by atoms with Crippen molar-refractivity contribution in [1.82, 2.24) is 10.3 Å². The molecule has 2 amide bonds. The number of nitrogens with one attached hydrogen (secondary N) is 2. The van der Waals surface area contributed by atoms with Crippen molar-refractivity contribution < 1.29 is 18.8 Å². The van der Waals surface area contributed by atoms with Crippen LogP contribution in [0.15, 0.2) is 22.8 Å². The van der Waals surface area contributed by atoms with E-state index in [0.29, 0.717) is 15.7 Å². The summed E-state index contributed by atoms with van der Waals surface area (Å²) in [6, 6.07) is 3.15. The summed E-state index contributed by atoms with van der Waals surface area (Å²) >= 11 is 1.14. The number of carbonyl (C=O) groups is 3. The highest BCUT2D eigenvalue weighted by Gasteiger charge is 2.14. The molecule has 0 aromatic carbocycles. The zero-order valence-corrected chi connectivity index (χ0v) is 13.0. The van der Waals surface area contributed by atoms with E-state index in [9.17, 15) is 14.4 Å². The van der Waals surface area contributed by atoms with Gasteiger partial charge < -0.3 is 15.1 Å². The fourth-order valence-corrected chi connectivity index (χ4v) is 2.62. The minimum Gasteiger partial charge on any atom is -0.459 e. The van der Waals surface area contributed by atoms with Crippen LogP contribution >= 0.6 is 11.3 Å². The number of hydrogen-bond donors (Lipinski definition) is 2. The van der Waals surface area contributed by atoms with Crippen molar-refractivity contribution in [1.29, 1.82) is 0 Å². The second-order valence-electron chi connectivity index (χ2n) is 4.52. The standard InChI is InChI=1S/C14H15N3O4S/c1-8-12(9(2)18)22-14(16-8)17-11(19)5-6-15-13(20)10-4-3-7-21-10/h3-4,7H,5-6H2,1-2H3,(H,15,20)(H,16,17,19). The van der Waals surface area contributed by atoms with Crippen LogP contribution in [-0.4, -0.2) is 29.1 Å². The van der Waals surface area contributed by atoms with E-state index in [4.69, 9.17) is 4.42 Å². The third kappa shape index (κ3) is 4.01. The fraction of sp³-hybridized carbons (Fsp3) is 0.286. The van der Waals surface area contributed by atoms with Gasteiger partial charge in [-0.15, -0.1) is 0 Å². The first-order valence-electron chi connectivity index (χ1n) is 6.57. The molecule has 0 saturated carbocycles. The Bertz CT molecular complexity index is 691. The van der Waals surface area contributed by atoms with E-state index < -0.39 is 0 Å². The maximum atomic E-state index is 11.8. The molecule has 2 aromatic heterocycles. The number of rotatable bonds is 6. The number of carbonyl (C=O) groups excluding carboxylic acids is 3. The molecule has 0 aliphatic rings. The highest BCUT2D eigenvalue weighted by atomic mass is 32.1. The van der Waals surface area contributed by atoms with E-state index in [1.165, 1.54) is 19.3 Å². The number of nitrogens with zero attached hydrogens (tertiary/aromatic N) is 1. The largest absolute Gasteiger partial charge is 0.459 e. The van der Waals surface area contributed by atoms with Gasteiger partial charge in [-0.2, -0.15) is 0 Å². The predicted molar refractivity (Wildman–Crippen MR) is 81.1 cm³/mol. The number of aromatic nitrogens is 1. The van der Waals surface area contributed by atoms with Crippen LogP contribution in [0.3, 0.4) is 0 Å². The van der Waals surface area contributed by atoms with Gasteiger partial charge in [0.25, 0.3) is 5.91 Å². The molecule has 7 nitrogen and oxygen atoms in total. The van der Waals surface area contributed by atoms with Crippen LogP contribution in [-0.2, 0) is 4.79 Å². The van der Waals surface area contributed by atoms with E-state index in [1.54, 1.807) is 13.0 Å². The van der Waals surface area contributed by atoms with Crippen LogP contribution in [0.2, 0.25) is 0 Å². The van der Waals surface area contributed by atoms with Crippen molar-refractivity contribution in [3.8, 4) is 0 Å². The summed E-state index contributed by atoms with van der Waals surface area (Å²) in [7, 11) is 0. The molecule has 8 heteroatoms. The van der Waals surface area contributed by atoms with Gasteiger partial charge in [0, 0.05) is 19.9 Å². The molecule has 0 radical (unpaired) electrons. The zero-order valence-electron chi connectivity index (χ0n) is 12.1. The average molecular weight is 321 g/mol. The highest BCUT2D eigenvalue weighted by molar-refractivity contribution is 7.17. The Morgan fingerprint density at radius 2 is 2.14 bits per heavy atom. The first-order chi connectivity index (χ1) is 10.5. The summed E-state index contributed by atoms with van der Waals surface area (Å²) in [6.07, 6.45) is 1.50. The molecule has 2 N–H and O–H groups in total. The van der Waals surface area contributed by atoms with E-state index in [0.717, 1.165) is 11.3 Å². The second-order valence-corrected chi connectivity index (χ2v) is 5.52. The van der Waals surface area contributed by atoms with Crippen molar-refractivity contribution in [2.45, 2.75) is 20.3 Å². The van der Waals surface area contributed by atoms with Crippen LogP contribution in [0.1, 0.15) is 39.3 Å². The van der Waals surface area contributed by atoms with Crippen LogP contribution in [0.25, 0.3) is 0 Å². The Hall–Kier alpha value is -2.48. The first kappa shape index (κ1) is 15.9. The summed E-state index contributed by atoms with van der Waals surface area (Å²) < 4.78 is 4.93. The smallest absolute Gasteiger partial charge is 0.286 e. The third-order valence-electron chi connectivity index (χ3n) is 2.75. The topological polar surface area (TPSA) is 101 Å². The second kappa shape index (κ2) is 6.99. The molecule has 0 aliphatic carbocycles. The Labute approximate surface area is 130 Å². The average Bonchev–Trinajstić information content (AvgIpc) is 3.08. The lowest BCUT2D eigenvalue weighted by Gasteiger charge is -2.03. The molecule has 0 spiro atoms.